The van der Waals surface area contributed by atoms with E-state index in [1.807, 2.05) is 30.0 Å². The van der Waals surface area contributed by atoms with Gasteiger partial charge in [0.1, 0.15) is 0 Å². The van der Waals surface area contributed by atoms with E-state index in [1.165, 1.54) is 12.3 Å². The van der Waals surface area contributed by atoms with Crippen molar-refractivity contribution in [2.45, 2.75) is 32.6 Å². The van der Waals surface area contributed by atoms with E-state index in [1.54, 1.807) is 6.07 Å². The number of rotatable bonds is 6. The van der Waals surface area contributed by atoms with Gasteiger partial charge in [0.25, 0.3) is 5.91 Å². The van der Waals surface area contributed by atoms with E-state index < -0.39 is 11.7 Å². The van der Waals surface area contributed by atoms with Gasteiger partial charge in [0.15, 0.2) is 0 Å². The molecule has 1 aliphatic heterocycles. The monoisotopic (exact) mass is 414 g/mol. The summed E-state index contributed by atoms with van der Waals surface area (Å²) in [5.74, 6) is 0.0544. The van der Waals surface area contributed by atoms with Gasteiger partial charge < -0.3 is 10.2 Å². The largest absolute Gasteiger partial charge is 0.416 e. The number of aromatic nitrogens is 2. The van der Waals surface area contributed by atoms with Crippen LogP contribution >= 0.6 is 0 Å². The Morgan fingerprint density at radius 3 is 2.77 bits per heavy atom. The van der Waals surface area contributed by atoms with Crippen molar-refractivity contribution in [3.8, 4) is 11.1 Å². The number of carbonyl (C=O) groups is 1. The normalized spacial score (nSPS) is 13.6. The molecule has 2 N–H and O–H groups in total. The molecule has 0 spiro atoms. The van der Waals surface area contributed by atoms with E-state index in [9.17, 15) is 18.0 Å². The number of halogens is 3. The molecule has 0 saturated carbocycles. The summed E-state index contributed by atoms with van der Waals surface area (Å²) in [4.78, 5) is 14.2. The third kappa shape index (κ3) is 3.90. The van der Waals surface area contributed by atoms with Gasteiger partial charge in [-0.15, -0.1) is 0 Å². The number of hydrogen-bond donors (Lipinski definition) is 2. The second kappa shape index (κ2) is 7.85. The summed E-state index contributed by atoms with van der Waals surface area (Å²) in [7, 11) is 0. The van der Waals surface area contributed by atoms with Crippen LogP contribution in [0.4, 0.5) is 18.9 Å². The van der Waals surface area contributed by atoms with E-state index >= 15 is 0 Å². The zero-order valence-electron chi connectivity index (χ0n) is 16.4. The molecule has 2 heterocycles. The van der Waals surface area contributed by atoms with Crippen molar-refractivity contribution in [1.29, 1.82) is 0 Å². The molecule has 5 nitrogen and oxygen atoms in total. The SMILES string of the molecule is CCCN1Cc2cc(NCc3[nH]ncc3-c3cccc(C(F)(F)F)c3)ccc2C1=O. The molecule has 0 radical (unpaired) electrons. The maximum atomic E-state index is 13.0. The van der Waals surface area contributed by atoms with Crippen LogP contribution in [0.3, 0.4) is 0 Å². The van der Waals surface area contributed by atoms with Crippen LogP contribution in [0.2, 0.25) is 0 Å². The van der Waals surface area contributed by atoms with E-state index in [0.717, 1.165) is 41.9 Å². The lowest BCUT2D eigenvalue weighted by Crippen LogP contribution is -2.24. The minimum Gasteiger partial charge on any atom is -0.379 e. The second-order valence-corrected chi connectivity index (χ2v) is 7.29. The maximum Gasteiger partial charge on any atom is 0.416 e. The number of carbonyl (C=O) groups excluding carboxylic acids is 1. The van der Waals surface area contributed by atoms with E-state index in [2.05, 4.69) is 15.5 Å². The van der Waals surface area contributed by atoms with Gasteiger partial charge in [-0.1, -0.05) is 19.1 Å². The highest BCUT2D eigenvalue weighted by Crippen LogP contribution is 2.33. The minimum absolute atomic E-state index is 0.0544. The molecule has 2 aromatic carbocycles. The van der Waals surface area contributed by atoms with Gasteiger partial charge in [0.05, 0.1) is 24.0 Å². The molecule has 0 aliphatic carbocycles. The summed E-state index contributed by atoms with van der Waals surface area (Å²) in [6, 6.07) is 10.8. The van der Waals surface area contributed by atoms with Crippen LogP contribution in [0.25, 0.3) is 11.1 Å². The molecule has 0 bridgehead atoms. The number of amides is 1. The average molecular weight is 414 g/mol. The summed E-state index contributed by atoms with van der Waals surface area (Å²) in [5, 5.41) is 10.1. The predicted molar refractivity (Wildman–Crippen MR) is 108 cm³/mol. The molecule has 0 unspecified atom stereocenters. The number of nitrogens with zero attached hydrogens (tertiary/aromatic N) is 2. The molecule has 1 amide bonds. The summed E-state index contributed by atoms with van der Waals surface area (Å²) >= 11 is 0. The van der Waals surface area contributed by atoms with Crippen LogP contribution in [0, 0.1) is 0 Å². The van der Waals surface area contributed by atoms with Crippen molar-refractivity contribution in [2.24, 2.45) is 0 Å². The molecular weight excluding hydrogens is 393 g/mol. The third-order valence-electron chi connectivity index (χ3n) is 5.17. The molecule has 1 aromatic heterocycles. The summed E-state index contributed by atoms with van der Waals surface area (Å²) in [6.07, 6.45) is -1.97. The van der Waals surface area contributed by atoms with Gasteiger partial charge in [-0.3, -0.25) is 9.89 Å². The Hall–Kier alpha value is -3.29. The lowest BCUT2D eigenvalue weighted by atomic mass is 10.0. The van der Waals surface area contributed by atoms with Crippen molar-refractivity contribution in [2.75, 3.05) is 11.9 Å². The predicted octanol–water partition coefficient (Wildman–Crippen LogP) is 5.07. The lowest BCUT2D eigenvalue weighted by Gasteiger charge is -2.13. The van der Waals surface area contributed by atoms with Gasteiger partial charge in [-0.05, 0) is 47.9 Å². The number of aromatic amines is 1. The molecule has 30 heavy (non-hydrogen) atoms. The zero-order chi connectivity index (χ0) is 21.3. The van der Waals surface area contributed by atoms with Gasteiger partial charge in [0, 0.05) is 29.9 Å². The summed E-state index contributed by atoms with van der Waals surface area (Å²) < 4.78 is 39.1. The molecular formula is C22H21F3N4O. The first-order valence-corrected chi connectivity index (χ1v) is 9.72. The number of anilines is 1. The molecule has 3 aromatic rings. The number of fused-ring (bicyclic) bond motifs is 1. The Kier molecular flexibility index (Phi) is 5.24. The molecule has 1 aliphatic rings. The zero-order valence-corrected chi connectivity index (χ0v) is 16.4. The fourth-order valence-electron chi connectivity index (χ4n) is 3.69. The van der Waals surface area contributed by atoms with E-state index in [4.69, 9.17) is 0 Å². The molecule has 4 rings (SSSR count). The van der Waals surface area contributed by atoms with Crippen LogP contribution in [0.15, 0.2) is 48.7 Å². The fourth-order valence-corrected chi connectivity index (χ4v) is 3.69. The van der Waals surface area contributed by atoms with Gasteiger partial charge in [0.2, 0.25) is 0 Å². The number of H-pyrrole nitrogens is 1. The van der Waals surface area contributed by atoms with Crippen LogP contribution in [-0.4, -0.2) is 27.5 Å². The Balaban J connectivity index is 1.50. The summed E-state index contributed by atoms with van der Waals surface area (Å²) in [5.41, 5.74) is 3.58. The standard InChI is InChI=1S/C22H21F3N4O/c1-2-8-29-13-15-10-17(6-7-18(15)21(29)30)26-12-20-19(11-27-28-20)14-4-3-5-16(9-14)22(23,24)25/h3-7,9-11,26H,2,8,12-13H2,1H3,(H,27,28). The van der Waals surface area contributed by atoms with Gasteiger partial charge in [-0.25, -0.2) is 0 Å². The first kappa shape index (κ1) is 20.0. The molecule has 156 valence electrons. The van der Waals surface area contributed by atoms with Crippen LogP contribution in [0.5, 0.6) is 0 Å². The van der Waals surface area contributed by atoms with Crippen LogP contribution < -0.4 is 5.32 Å². The quantitative estimate of drug-likeness (QED) is 0.592. The van der Waals surface area contributed by atoms with Crippen molar-refractivity contribution >= 4 is 11.6 Å². The molecule has 0 saturated heterocycles. The van der Waals surface area contributed by atoms with Crippen LogP contribution in [0.1, 0.15) is 40.5 Å². The van der Waals surface area contributed by atoms with Crippen molar-refractivity contribution in [1.82, 2.24) is 15.1 Å². The number of hydrogen-bond acceptors (Lipinski definition) is 3. The Morgan fingerprint density at radius 1 is 1.17 bits per heavy atom. The molecule has 0 fully saturated rings. The van der Waals surface area contributed by atoms with Gasteiger partial charge >= 0.3 is 6.18 Å². The second-order valence-electron chi connectivity index (χ2n) is 7.29. The van der Waals surface area contributed by atoms with Crippen LogP contribution in [-0.2, 0) is 19.3 Å². The lowest BCUT2D eigenvalue weighted by molar-refractivity contribution is -0.137. The van der Waals surface area contributed by atoms with Gasteiger partial charge in [-0.2, -0.15) is 18.3 Å². The fraction of sp³-hybridized carbons (Fsp3) is 0.273. The Bertz CT molecular complexity index is 1070. The number of benzene rings is 2. The van der Waals surface area contributed by atoms with E-state index in [-0.39, 0.29) is 5.91 Å². The Labute approximate surface area is 171 Å². The van der Waals surface area contributed by atoms with Crippen molar-refractivity contribution in [3.63, 3.8) is 0 Å². The number of nitrogens with one attached hydrogen (secondary N) is 2. The first-order chi connectivity index (χ1) is 14.4. The average Bonchev–Trinajstić information content (AvgIpc) is 3.31. The highest BCUT2D eigenvalue weighted by atomic mass is 19.4. The number of alkyl halides is 3. The molecule has 8 heteroatoms. The minimum atomic E-state index is -4.40. The molecule has 0 atom stereocenters. The highest BCUT2D eigenvalue weighted by molar-refractivity contribution is 5.98. The highest BCUT2D eigenvalue weighted by Gasteiger charge is 2.30. The topological polar surface area (TPSA) is 61.0 Å². The Morgan fingerprint density at radius 2 is 2.00 bits per heavy atom. The summed E-state index contributed by atoms with van der Waals surface area (Å²) in [6.45, 7) is 3.72. The van der Waals surface area contributed by atoms with Crippen molar-refractivity contribution < 1.29 is 18.0 Å². The maximum absolute atomic E-state index is 13.0. The third-order valence-corrected chi connectivity index (χ3v) is 5.17. The van der Waals surface area contributed by atoms with Crippen molar-refractivity contribution in [3.05, 3.63) is 71.0 Å². The first-order valence-electron chi connectivity index (χ1n) is 9.72. The van der Waals surface area contributed by atoms with E-state index in [0.29, 0.717) is 29.9 Å². The smallest absolute Gasteiger partial charge is 0.379 e.